The first-order valence-electron chi connectivity index (χ1n) is 13.1. The molecule has 2 fully saturated rings. The third-order valence-electron chi connectivity index (χ3n) is 8.18. The van der Waals surface area contributed by atoms with Gasteiger partial charge in [-0.25, -0.2) is 4.68 Å². The van der Waals surface area contributed by atoms with Gasteiger partial charge in [-0.3, -0.25) is 14.4 Å². The molecule has 0 radical (unpaired) electrons. The minimum atomic E-state index is -0.898. The van der Waals surface area contributed by atoms with Gasteiger partial charge in [0.05, 0.1) is 22.1 Å². The summed E-state index contributed by atoms with van der Waals surface area (Å²) in [6, 6.07) is 6.82. The molecule has 11 heteroatoms. The molecule has 200 valence electrons. The van der Waals surface area contributed by atoms with E-state index in [2.05, 4.69) is 10.3 Å². The highest BCUT2D eigenvalue weighted by Gasteiger charge is 2.73. The van der Waals surface area contributed by atoms with E-state index in [1.54, 1.807) is 14.5 Å². The number of ether oxygens (including phenoxy) is 1. The normalized spacial score (nSPS) is 32.3. The molecule has 1 spiro atoms. The van der Waals surface area contributed by atoms with E-state index < -0.39 is 33.3 Å². The minimum absolute atomic E-state index is 0.0830. The van der Waals surface area contributed by atoms with Gasteiger partial charge in [-0.1, -0.05) is 35.6 Å². The molecule has 2 amide bonds. The van der Waals surface area contributed by atoms with Crippen LogP contribution in [0.5, 0.6) is 0 Å². The Kier molecular flexibility index (Phi) is 6.30. The van der Waals surface area contributed by atoms with Crippen molar-refractivity contribution >= 4 is 40.6 Å². The molecule has 6 rings (SSSR count). The Morgan fingerprint density at radius 3 is 2.76 bits per heavy atom. The number of rotatable bonds is 7. The summed E-state index contributed by atoms with van der Waals surface area (Å²) in [6.45, 7) is 3.17. The second-order valence-corrected chi connectivity index (χ2v) is 12.3. The summed E-state index contributed by atoms with van der Waals surface area (Å²) in [5.74, 6) is -2.14. The van der Waals surface area contributed by atoms with Crippen LogP contribution in [-0.4, -0.2) is 89.5 Å². The molecule has 1 N–H and O–H groups in total. The van der Waals surface area contributed by atoms with Gasteiger partial charge in [0.2, 0.25) is 11.8 Å². The minimum Gasteiger partial charge on any atom is -0.461 e. The van der Waals surface area contributed by atoms with Gasteiger partial charge < -0.3 is 19.6 Å². The first kappa shape index (κ1) is 25.1. The summed E-state index contributed by atoms with van der Waals surface area (Å²) in [6.07, 6.45) is 9.78. The maximum atomic E-state index is 14.4. The van der Waals surface area contributed by atoms with Crippen LogP contribution < -0.4 is 0 Å². The Morgan fingerprint density at radius 1 is 1.08 bits per heavy atom. The highest BCUT2D eigenvalue weighted by atomic mass is 32.2. The molecule has 1 aromatic heterocycles. The summed E-state index contributed by atoms with van der Waals surface area (Å²) in [4.78, 5) is 45.1. The van der Waals surface area contributed by atoms with Crippen molar-refractivity contribution in [3.63, 3.8) is 0 Å². The molecule has 1 aromatic carbocycles. The first-order chi connectivity index (χ1) is 18.4. The standard InChI is InChI=1S/C27H31N5O5S/c1-26-11-8-16-37-25(36)21(26)20-23(34)31(14-5-2-6-15-33)22-24(35)30(13-7-12-27(20,22)38-26)17-32-19-10-4-3-9-18(19)28-29-32/h3-4,7-12,20-22,33H,2,5-6,13-17H2,1H3/t20-,21-,22?,26+,27-/m0/s1. The van der Waals surface area contributed by atoms with Gasteiger partial charge in [-0.05, 0) is 44.4 Å². The number of carbonyl (C=O) groups is 3. The zero-order valence-corrected chi connectivity index (χ0v) is 22.0. The Labute approximate surface area is 224 Å². The molecule has 0 aliphatic carbocycles. The number of hydrogen-bond acceptors (Lipinski definition) is 8. The van der Waals surface area contributed by atoms with Crippen molar-refractivity contribution in [3.05, 3.63) is 48.6 Å². The molecule has 10 nitrogen and oxygen atoms in total. The summed E-state index contributed by atoms with van der Waals surface area (Å²) in [7, 11) is 0. The third kappa shape index (κ3) is 3.78. The second kappa shape index (κ2) is 9.53. The summed E-state index contributed by atoms with van der Waals surface area (Å²) >= 11 is 1.54. The van der Waals surface area contributed by atoms with Gasteiger partial charge in [0.1, 0.15) is 24.8 Å². The lowest BCUT2D eigenvalue weighted by Crippen LogP contribution is -2.53. The number of fused-ring (bicyclic) bond motifs is 3. The molecule has 5 heterocycles. The predicted octanol–water partition coefficient (Wildman–Crippen LogP) is 1.75. The number of aliphatic hydroxyl groups is 1. The average Bonchev–Trinajstić information content (AvgIpc) is 3.42. The number of unbranched alkanes of at least 4 members (excludes halogenated alkanes) is 2. The molecule has 5 atom stereocenters. The number of cyclic esters (lactones) is 1. The number of thioether (sulfide) groups is 1. The highest BCUT2D eigenvalue weighted by molar-refractivity contribution is 8.02. The maximum absolute atomic E-state index is 14.4. The van der Waals surface area contributed by atoms with E-state index in [1.165, 1.54) is 11.8 Å². The van der Waals surface area contributed by atoms with Gasteiger partial charge in [0.25, 0.3) is 0 Å². The fourth-order valence-corrected chi connectivity index (χ4v) is 8.68. The van der Waals surface area contributed by atoms with Crippen molar-refractivity contribution in [2.45, 2.75) is 48.4 Å². The number of amides is 2. The van der Waals surface area contributed by atoms with Gasteiger partial charge in [0.15, 0.2) is 0 Å². The van der Waals surface area contributed by atoms with Gasteiger partial charge in [0, 0.05) is 24.4 Å². The number of hydrogen-bond donors (Lipinski definition) is 1. The Balaban J connectivity index is 1.39. The number of carbonyl (C=O) groups excluding carboxylic acids is 3. The van der Waals surface area contributed by atoms with Crippen LogP contribution in [0.2, 0.25) is 0 Å². The molecule has 2 saturated heterocycles. The van der Waals surface area contributed by atoms with Crippen LogP contribution >= 0.6 is 11.8 Å². The maximum Gasteiger partial charge on any atom is 0.311 e. The average molecular weight is 538 g/mol. The Hall–Kier alpha value is -3.18. The van der Waals surface area contributed by atoms with Crippen molar-refractivity contribution in [2.75, 3.05) is 26.3 Å². The van der Waals surface area contributed by atoms with Crippen LogP contribution in [0.1, 0.15) is 26.2 Å². The summed E-state index contributed by atoms with van der Waals surface area (Å²) in [5.41, 5.74) is 1.57. The first-order valence-corrected chi connectivity index (χ1v) is 13.9. The number of nitrogens with zero attached hydrogens (tertiary/aromatic N) is 5. The van der Waals surface area contributed by atoms with Crippen LogP contribution in [0.3, 0.4) is 0 Å². The van der Waals surface area contributed by atoms with Crippen LogP contribution in [0.4, 0.5) is 0 Å². The molecule has 0 saturated carbocycles. The van der Waals surface area contributed by atoms with E-state index in [9.17, 15) is 19.5 Å². The summed E-state index contributed by atoms with van der Waals surface area (Å²) in [5, 5.41) is 17.7. The fraction of sp³-hybridized carbons (Fsp3) is 0.519. The fourth-order valence-electron chi connectivity index (χ4n) is 6.52. The molecule has 4 aliphatic heterocycles. The largest absolute Gasteiger partial charge is 0.461 e. The predicted molar refractivity (Wildman–Crippen MR) is 141 cm³/mol. The number of esters is 1. The lowest BCUT2D eigenvalue weighted by Gasteiger charge is -2.36. The third-order valence-corrected chi connectivity index (χ3v) is 9.97. The Morgan fingerprint density at radius 2 is 1.92 bits per heavy atom. The number of likely N-dealkylation sites (tertiary alicyclic amines) is 1. The number of para-hydroxylation sites is 1. The van der Waals surface area contributed by atoms with Gasteiger partial charge in [-0.2, -0.15) is 0 Å². The van der Waals surface area contributed by atoms with Gasteiger partial charge in [-0.15, -0.1) is 16.9 Å². The topological polar surface area (TPSA) is 118 Å². The van der Waals surface area contributed by atoms with Crippen LogP contribution in [-0.2, 0) is 25.8 Å². The molecule has 0 bridgehead atoms. The molecular formula is C27H31N5O5S. The lowest BCUT2D eigenvalue weighted by molar-refractivity contribution is -0.152. The molecule has 38 heavy (non-hydrogen) atoms. The van der Waals surface area contributed by atoms with Crippen LogP contribution in [0.25, 0.3) is 11.0 Å². The zero-order valence-electron chi connectivity index (χ0n) is 21.2. The van der Waals surface area contributed by atoms with E-state index in [0.717, 1.165) is 17.5 Å². The van der Waals surface area contributed by atoms with Crippen molar-refractivity contribution in [3.8, 4) is 0 Å². The van der Waals surface area contributed by atoms with E-state index in [4.69, 9.17) is 4.74 Å². The molecule has 2 aromatic rings. The summed E-state index contributed by atoms with van der Waals surface area (Å²) < 4.78 is 5.61. The monoisotopic (exact) mass is 537 g/mol. The number of benzene rings is 1. The molecule has 4 aliphatic rings. The second-order valence-electron chi connectivity index (χ2n) is 10.5. The van der Waals surface area contributed by atoms with Crippen LogP contribution in [0.15, 0.2) is 48.6 Å². The quantitative estimate of drug-likeness (QED) is 0.323. The van der Waals surface area contributed by atoms with E-state index in [0.29, 0.717) is 25.9 Å². The molecule has 1 unspecified atom stereocenters. The van der Waals surface area contributed by atoms with E-state index in [-0.39, 0.29) is 31.7 Å². The smallest absolute Gasteiger partial charge is 0.311 e. The van der Waals surface area contributed by atoms with Crippen molar-refractivity contribution in [1.82, 2.24) is 24.8 Å². The van der Waals surface area contributed by atoms with Crippen molar-refractivity contribution < 1.29 is 24.2 Å². The van der Waals surface area contributed by atoms with Crippen LogP contribution in [0, 0.1) is 11.8 Å². The number of aromatic nitrogens is 3. The van der Waals surface area contributed by atoms with Crippen molar-refractivity contribution in [1.29, 1.82) is 0 Å². The van der Waals surface area contributed by atoms with E-state index >= 15 is 0 Å². The zero-order chi connectivity index (χ0) is 26.5. The van der Waals surface area contributed by atoms with E-state index in [1.807, 2.05) is 55.5 Å². The highest BCUT2D eigenvalue weighted by Crippen LogP contribution is 2.65. The van der Waals surface area contributed by atoms with Crippen molar-refractivity contribution in [2.24, 2.45) is 11.8 Å². The SMILES string of the molecule is C[C@@]12C=CCOC(=O)[C@@H]1[C@H]1C(=O)N(CCCCCO)C3C(=O)N(Cn4nnc5ccccc54)CC=C[C@@]31S2. The molecular weight excluding hydrogens is 506 g/mol. The number of aliphatic hydroxyl groups excluding tert-OH is 1. The van der Waals surface area contributed by atoms with Gasteiger partial charge >= 0.3 is 5.97 Å². The Bertz CT molecular complexity index is 1340. The lowest BCUT2D eigenvalue weighted by atomic mass is 9.75.